The average Bonchev–Trinajstić information content (AvgIpc) is 3.29. The standard InChI is InChI=1S/C59H90N6O11/c1-56(2,3)73-52(69)62-27-15-21-43-32-44(22-16-28-63-53(70)74-57(4,5)6)37-48(36-43)50(67)60-25-13-19-41-31-42(35-47(34-41)40-66)20-14-26-61-51(68)49-38-45(23-17-29-64-54(71)75-58(7,8)9)33-46(39-49)24-18-30-65-55(72)76-59(10,11)12/h31-39,66H,13-30,40H2,1-12H3,(H,60,67)(H,61,68)(H,62,69)(H,63,70)(H,64,71)(H,65,72). The van der Waals surface area contributed by atoms with E-state index in [0.717, 1.165) is 38.9 Å². The van der Waals surface area contributed by atoms with Crippen LogP contribution in [0.25, 0.3) is 0 Å². The van der Waals surface area contributed by atoms with E-state index >= 15 is 0 Å². The number of aryl methyl sites for hydroxylation is 6. The first kappa shape index (κ1) is 63.9. The quantitative estimate of drug-likeness (QED) is 0.0281. The molecule has 0 aromatic heterocycles. The van der Waals surface area contributed by atoms with E-state index in [1.807, 2.05) is 119 Å². The van der Waals surface area contributed by atoms with Crippen molar-refractivity contribution in [2.24, 2.45) is 0 Å². The van der Waals surface area contributed by atoms with Crippen LogP contribution in [0.15, 0.2) is 54.6 Å². The number of hydrogen-bond donors (Lipinski definition) is 7. The molecule has 0 saturated carbocycles. The summed E-state index contributed by atoms with van der Waals surface area (Å²) in [6.45, 7) is 24.1. The van der Waals surface area contributed by atoms with Gasteiger partial charge in [0, 0.05) is 50.4 Å². The van der Waals surface area contributed by atoms with Gasteiger partial charge in [-0.2, -0.15) is 0 Å². The molecular weight excluding hydrogens is 969 g/mol. The number of amides is 6. The molecule has 0 spiro atoms. The van der Waals surface area contributed by atoms with Crippen LogP contribution in [0, 0.1) is 0 Å². The highest BCUT2D eigenvalue weighted by Crippen LogP contribution is 2.19. The van der Waals surface area contributed by atoms with Gasteiger partial charge >= 0.3 is 24.4 Å². The Balaban J connectivity index is 1.59. The van der Waals surface area contributed by atoms with E-state index in [2.05, 4.69) is 50.1 Å². The number of nitrogens with one attached hydrogen (secondary N) is 6. The fraction of sp³-hybridized carbons (Fsp3) is 0.593. The number of aliphatic hydroxyl groups is 1. The zero-order valence-corrected chi connectivity index (χ0v) is 47.7. The second-order valence-electron chi connectivity index (χ2n) is 23.2. The summed E-state index contributed by atoms with van der Waals surface area (Å²) in [5.74, 6) is -0.395. The van der Waals surface area contributed by atoms with Gasteiger partial charge < -0.3 is 56.0 Å². The summed E-state index contributed by atoms with van der Waals surface area (Å²) in [5, 5.41) is 27.5. The summed E-state index contributed by atoms with van der Waals surface area (Å²) in [4.78, 5) is 75.9. The van der Waals surface area contributed by atoms with E-state index in [-0.39, 0.29) is 18.4 Å². The summed E-state index contributed by atoms with van der Waals surface area (Å²) in [6.07, 6.45) is 5.84. The largest absolute Gasteiger partial charge is 0.444 e. The van der Waals surface area contributed by atoms with Crippen molar-refractivity contribution >= 4 is 36.2 Å². The minimum Gasteiger partial charge on any atom is -0.444 e. The van der Waals surface area contributed by atoms with Crippen molar-refractivity contribution in [2.75, 3.05) is 39.3 Å². The van der Waals surface area contributed by atoms with Crippen LogP contribution in [0.2, 0.25) is 0 Å². The number of carbonyl (C=O) groups excluding carboxylic acids is 6. The van der Waals surface area contributed by atoms with Gasteiger partial charge in [0.05, 0.1) is 6.61 Å². The van der Waals surface area contributed by atoms with Crippen molar-refractivity contribution in [1.29, 1.82) is 0 Å². The molecular formula is C59H90N6O11. The van der Waals surface area contributed by atoms with Gasteiger partial charge in [0.2, 0.25) is 0 Å². The molecule has 76 heavy (non-hydrogen) atoms. The molecule has 0 bridgehead atoms. The smallest absolute Gasteiger partial charge is 0.407 e. The summed E-state index contributed by atoms with van der Waals surface area (Å²) in [6, 6.07) is 17.7. The van der Waals surface area contributed by atoms with Crippen LogP contribution in [-0.4, -0.2) is 103 Å². The number of benzene rings is 3. The van der Waals surface area contributed by atoms with E-state index in [0.29, 0.717) is 127 Å². The Morgan fingerprint density at radius 1 is 0.329 bits per heavy atom. The maximum Gasteiger partial charge on any atom is 0.407 e. The SMILES string of the molecule is CC(C)(C)OC(=O)NCCCc1cc(CCCNC(=O)OC(C)(C)C)cc(C(=O)NCCCc2cc(CO)cc(CCCNC(=O)c3cc(CCCNC(=O)OC(C)(C)C)cc(CCCNC(=O)OC(C)(C)C)c3)c2)c1. The minimum atomic E-state index is -0.598. The molecule has 0 fully saturated rings. The molecule has 0 aliphatic rings. The fourth-order valence-electron chi connectivity index (χ4n) is 7.97. The first-order valence-corrected chi connectivity index (χ1v) is 27.0. The zero-order valence-electron chi connectivity index (χ0n) is 47.7. The number of alkyl carbamates (subject to hydrolysis) is 4. The molecule has 0 heterocycles. The molecule has 0 saturated heterocycles. The number of carbonyl (C=O) groups is 6. The van der Waals surface area contributed by atoms with Gasteiger partial charge in [-0.15, -0.1) is 0 Å². The predicted molar refractivity (Wildman–Crippen MR) is 297 cm³/mol. The van der Waals surface area contributed by atoms with E-state index in [1.165, 1.54) is 0 Å². The van der Waals surface area contributed by atoms with Crippen molar-refractivity contribution in [3.05, 3.63) is 105 Å². The molecule has 3 aromatic rings. The monoisotopic (exact) mass is 1060 g/mol. The Kier molecular flexibility index (Phi) is 26.1. The second-order valence-corrected chi connectivity index (χ2v) is 23.2. The fourth-order valence-corrected chi connectivity index (χ4v) is 7.97. The van der Waals surface area contributed by atoms with Gasteiger partial charge in [0.1, 0.15) is 22.4 Å². The summed E-state index contributed by atoms with van der Waals surface area (Å²) < 4.78 is 21.4. The summed E-state index contributed by atoms with van der Waals surface area (Å²) in [5.41, 5.74) is 5.38. The molecule has 0 aliphatic heterocycles. The molecule has 0 radical (unpaired) electrons. The van der Waals surface area contributed by atoms with Crippen molar-refractivity contribution in [3.8, 4) is 0 Å². The van der Waals surface area contributed by atoms with Crippen LogP contribution in [0.1, 0.15) is 181 Å². The van der Waals surface area contributed by atoms with Crippen molar-refractivity contribution in [1.82, 2.24) is 31.9 Å². The van der Waals surface area contributed by atoms with Crippen molar-refractivity contribution < 1.29 is 52.8 Å². The molecule has 0 unspecified atom stereocenters. The van der Waals surface area contributed by atoms with Gasteiger partial charge in [-0.1, -0.05) is 30.3 Å². The van der Waals surface area contributed by atoms with Gasteiger partial charge in [-0.3, -0.25) is 9.59 Å². The lowest BCUT2D eigenvalue weighted by atomic mass is 9.98. The maximum atomic E-state index is 13.6. The Bertz CT molecular complexity index is 2090. The Morgan fingerprint density at radius 2 is 0.526 bits per heavy atom. The van der Waals surface area contributed by atoms with E-state index < -0.39 is 46.8 Å². The highest BCUT2D eigenvalue weighted by Gasteiger charge is 2.20. The lowest BCUT2D eigenvalue weighted by Crippen LogP contribution is -2.33. The Labute approximate surface area is 452 Å². The van der Waals surface area contributed by atoms with Crippen molar-refractivity contribution in [3.63, 3.8) is 0 Å². The first-order valence-electron chi connectivity index (χ1n) is 27.0. The number of hydrogen-bond acceptors (Lipinski definition) is 11. The molecule has 17 nitrogen and oxygen atoms in total. The molecule has 6 amide bonds. The Morgan fingerprint density at radius 3 is 0.737 bits per heavy atom. The Hall–Kier alpha value is -6.36. The minimum absolute atomic E-state index is 0.117. The zero-order chi connectivity index (χ0) is 56.5. The number of ether oxygens (including phenoxy) is 4. The normalized spacial score (nSPS) is 11.8. The molecule has 422 valence electrons. The lowest BCUT2D eigenvalue weighted by Gasteiger charge is -2.19. The summed E-state index contributed by atoms with van der Waals surface area (Å²) in [7, 11) is 0. The van der Waals surface area contributed by atoms with Gasteiger partial charge in [0.25, 0.3) is 11.8 Å². The molecule has 0 aliphatic carbocycles. The van der Waals surface area contributed by atoms with Crippen LogP contribution in [0.5, 0.6) is 0 Å². The van der Waals surface area contributed by atoms with E-state index in [9.17, 15) is 33.9 Å². The average molecular weight is 1060 g/mol. The second kappa shape index (κ2) is 31.0. The molecule has 7 N–H and O–H groups in total. The third-order valence-corrected chi connectivity index (χ3v) is 11.0. The van der Waals surface area contributed by atoms with Crippen LogP contribution >= 0.6 is 0 Å². The molecule has 3 rings (SSSR count). The maximum absolute atomic E-state index is 13.6. The van der Waals surface area contributed by atoms with Gasteiger partial charge in [0.15, 0.2) is 0 Å². The van der Waals surface area contributed by atoms with Crippen molar-refractivity contribution in [2.45, 2.75) is 189 Å². The predicted octanol–water partition coefficient (Wildman–Crippen LogP) is 9.73. The third kappa shape index (κ3) is 29.1. The number of aliphatic hydroxyl groups excluding tert-OH is 1. The molecule has 17 heteroatoms. The first-order chi connectivity index (χ1) is 35.5. The number of rotatable bonds is 27. The van der Waals surface area contributed by atoms with Gasteiger partial charge in [-0.05, 0) is 223 Å². The van der Waals surface area contributed by atoms with Crippen LogP contribution in [0.3, 0.4) is 0 Å². The summed E-state index contributed by atoms with van der Waals surface area (Å²) >= 11 is 0. The molecule has 3 aromatic carbocycles. The topological polar surface area (TPSA) is 232 Å². The van der Waals surface area contributed by atoms with Crippen LogP contribution < -0.4 is 31.9 Å². The van der Waals surface area contributed by atoms with Crippen LogP contribution in [0.4, 0.5) is 19.2 Å². The van der Waals surface area contributed by atoms with Crippen LogP contribution in [-0.2, 0) is 64.1 Å². The van der Waals surface area contributed by atoms with E-state index in [1.54, 1.807) is 0 Å². The lowest BCUT2D eigenvalue weighted by molar-refractivity contribution is 0.0515. The third-order valence-electron chi connectivity index (χ3n) is 11.0. The van der Waals surface area contributed by atoms with E-state index in [4.69, 9.17) is 18.9 Å². The highest BCUT2D eigenvalue weighted by atomic mass is 16.6. The molecule has 0 atom stereocenters. The highest BCUT2D eigenvalue weighted by molar-refractivity contribution is 5.95. The van der Waals surface area contributed by atoms with Gasteiger partial charge in [-0.25, -0.2) is 19.2 Å².